The average molecular weight is 220 g/mol. The maximum absolute atomic E-state index is 11.8. The van der Waals surface area contributed by atoms with Crippen LogP contribution in [0.2, 0.25) is 0 Å². The SMILES string of the molecule is COc1cc(OC(F)F)ncc1[N+](=O)[O-]. The summed E-state index contributed by atoms with van der Waals surface area (Å²) in [5, 5.41) is 10.4. The summed E-state index contributed by atoms with van der Waals surface area (Å²) < 4.78 is 32.1. The minimum Gasteiger partial charge on any atom is -0.490 e. The van der Waals surface area contributed by atoms with Gasteiger partial charge >= 0.3 is 12.3 Å². The maximum Gasteiger partial charge on any atom is 0.388 e. The first-order valence-corrected chi connectivity index (χ1v) is 3.68. The van der Waals surface area contributed by atoms with E-state index in [0.29, 0.717) is 0 Å². The van der Waals surface area contributed by atoms with Crippen molar-refractivity contribution in [2.45, 2.75) is 6.61 Å². The van der Waals surface area contributed by atoms with E-state index in [2.05, 4.69) is 14.5 Å². The minimum absolute atomic E-state index is 0.189. The van der Waals surface area contributed by atoms with E-state index in [0.717, 1.165) is 12.3 Å². The highest BCUT2D eigenvalue weighted by molar-refractivity contribution is 5.46. The molecule has 0 bridgehead atoms. The highest BCUT2D eigenvalue weighted by atomic mass is 19.3. The van der Waals surface area contributed by atoms with Crippen LogP contribution in [0.4, 0.5) is 14.5 Å². The molecule has 1 heterocycles. The van der Waals surface area contributed by atoms with Crippen LogP contribution in [-0.4, -0.2) is 23.6 Å². The molecule has 0 amide bonds. The summed E-state index contributed by atoms with van der Waals surface area (Å²) >= 11 is 0. The van der Waals surface area contributed by atoms with Gasteiger partial charge in [-0.1, -0.05) is 0 Å². The lowest BCUT2D eigenvalue weighted by molar-refractivity contribution is -0.386. The topological polar surface area (TPSA) is 74.5 Å². The van der Waals surface area contributed by atoms with Crippen molar-refractivity contribution in [3.05, 3.63) is 22.4 Å². The van der Waals surface area contributed by atoms with Crippen molar-refractivity contribution in [1.82, 2.24) is 4.98 Å². The van der Waals surface area contributed by atoms with Crippen LogP contribution in [0.5, 0.6) is 11.6 Å². The van der Waals surface area contributed by atoms with Crippen molar-refractivity contribution in [1.29, 1.82) is 0 Å². The molecule has 0 N–H and O–H groups in total. The predicted molar refractivity (Wildman–Crippen MR) is 44.1 cm³/mol. The molecular weight excluding hydrogens is 214 g/mol. The number of methoxy groups -OCH3 is 1. The molecule has 0 saturated heterocycles. The summed E-state index contributed by atoms with van der Waals surface area (Å²) in [6, 6.07) is 0.921. The summed E-state index contributed by atoms with van der Waals surface area (Å²) in [6.07, 6.45) is 0.788. The number of halogens is 2. The summed E-state index contributed by atoms with van der Waals surface area (Å²) in [4.78, 5) is 13.0. The molecular formula is C7H6F2N2O4. The number of alkyl halides is 2. The van der Waals surface area contributed by atoms with Gasteiger partial charge in [-0.2, -0.15) is 8.78 Å². The number of hydrogen-bond donors (Lipinski definition) is 0. The van der Waals surface area contributed by atoms with Crippen LogP contribution in [0, 0.1) is 10.1 Å². The third kappa shape index (κ3) is 2.73. The normalized spacial score (nSPS) is 10.1. The molecule has 1 rings (SSSR count). The molecule has 82 valence electrons. The largest absolute Gasteiger partial charge is 0.490 e. The van der Waals surface area contributed by atoms with Crippen molar-refractivity contribution >= 4 is 5.69 Å². The fraction of sp³-hybridized carbons (Fsp3) is 0.286. The van der Waals surface area contributed by atoms with Crippen LogP contribution in [0.25, 0.3) is 0 Å². The van der Waals surface area contributed by atoms with Crippen molar-refractivity contribution < 1.29 is 23.2 Å². The van der Waals surface area contributed by atoms with Gasteiger partial charge in [0, 0.05) is 6.07 Å². The summed E-state index contributed by atoms with van der Waals surface area (Å²) in [5.74, 6) is -0.627. The quantitative estimate of drug-likeness (QED) is 0.569. The Morgan fingerprint density at radius 2 is 2.27 bits per heavy atom. The van der Waals surface area contributed by atoms with Gasteiger partial charge in [0.2, 0.25) is 11.6 Å². The minimum atomic E-state index is -3.04. The number of nitrogens with zero attached hydrogens (tertiary/aromatic N) is 2. The van der Waals surface area contributed by atoms with E-state index in [9.17, 15) is 18.9 Å². The Morgan fingerprint density at radius 3 is 2.73 bits per heavy atom. The number of aromatic nitrogens is 1. The number of nitro groups is 1. The monoisotopic (exact) mass is 220 g/mol. The van der Waals surface area contributed by atoms with Gasteiger partial charge in [0.05, 0.1) is 12.0 Å². The second-order valence-electron chi connectivity index (χ2n) is 2.33. The lowest BCUT2D eigenvalue weighted by Gasteiger charge is -2.05. The van der Waals surface area contributed by atoms with E-state index >= 15 is 0 Å². The lowest BCUT2D eigenvalue weighted by Crippen LogP contribution is -2.04. The van der Waals surface area contributed by atoms with E-state index in [4.69, 9.17) is 0 Å². The van der Waals surface area contributed by atoms with E-state index in [1.165, 1.54) is 7.11 Å². The molecule has 0 spiro atoms. The number of pyridine rings is 1. The molecule has 0 aliphatic rings. The first-order valence-electron chi connectivity index (χ1n) is 3.68. The van der Waals surface area contributed by atoms with E-state index < -0.39 is 23.1 Å². The number of rotatable bonds is 4. The van der Waals surface area contributed by atoms with Crippen LogP contribution < -0.4 is 9.47 Å². The fourth-order valence-corrected chi connectivity index (χ4v) is 0.868. The van der Waals surface area contributed by atoms with E-state index in [1.807, 2.05) is 0 Å². The van der Waals surface area contributed by atoms with Gasteiger partial charge in [0.1, 0.15) is 6.20 Å². The molecule has 0 fully saturated rings. The Balaban J connectivity index is 3.02. The van der Waals surface area contributed by atoms with Crippen molar-refractivity contribution in [3.63, 3.8) is 0 Å². The van der Waals surface area contributed by atoms with Gasteiger partial charge < -0.3 is 9.47 Å². The molecule has 0 radical (unpaired) electrons. The first kappa shape index (κ1) is 11.1. The van der Waals surface area contributed by atoms with Crippen molar-refractivity contribution in [2.24, 2.45) is 0 Å². The van der Waals surface area contributed by atoms with Gasteiger partial charge in [-0.3, -0.25) is 10.1 Å². The highest BCUT2D eigenvalue weighted by Gasteiger charge is 2.17. The molecule has 15 heavy (non-hydrogen) atoms. The predicted octanol–water partition coefficient (Wildman–Crippen LogP) is 1.60. The van der Waals surface area contributed by atoms with Crippen LogP contribution in [0.15, 0.2) is 12.3 Å². The van der Waals surface area contributed by atoms with E-state index in [1.54, 1.807) is 0 Å². The van der Waals surface area contributed by atoms with Crippen molar-refractivity contribution in [2.75, 3.05) is 7.11 Å². The van der Waals surface area contributed by atoms with E-state index in [-0.39, 0.29) is 5.75 Å². The second kappa shape index (κ2) is 4.49. The Bertz CT molecular complexity index is 372. The van der Waals surface area contributed by atoms with Crippen LogP contribution in [-0.2, 0) is 0 Å². The summed E-state index contributed by atoms with van der Waals surface area (Å²) in [5.41, 5.74) is -0.417. The Kier molecular flexibility index (Phi) is 3.32. The van der Waals surface area contributed by atoms with Gasteiger partial charge in [0.25, 0.3) is 0 Å². The van der Waals surface area contributed by atoms with Crippen LogP contribution in [0.1, 0.15) is 0 Å². The molecule has 0 saturated carbocycles. The third-order valence-electron chi connectivity index (χ3n) is 1.45. The van der Waals surface area contributed by atoms with Gasteiger partial charge in [-0.05, 0) is 0 Å². The highest BCUT2D eigenvalue weighted by Crippen LogP contribution is 2.28. The fourth-order valence-electron chi connectivity index (χ4n) is 0.868. The number of hydrogen-bond acceptors (Lipinski definition) is 5. The van der Waals surface area contributed by atoms with Crippen molar-refractivity contribution in [3.8, 4) is 11.6 Å². The van der Waals surface area contributed by atoms with Crippen LogP contribution in [0.3, 0.4) is 0 Å². The summed E-state index contributed by atoms with van der Waals surface area (Å²) in [7, 11) is 1.18. The molecule has 6 nitrogen and oxygen atoms in total. The molecule has 0 aliphatic heterocycles. The third-order valence-corrected chi connectivity index (χ3v) is 1.45. The molecule has 0 aromatic carbocycles. The zero-order chi connectivity index (χ0) is 11.4. The van der Waals surface area contributed by atoms with Gasteiger partial charge in [0.15, 0.2) is 0 Å². The van der Waals surface area contributed by atoms with Gasteiger partial charge in [-0.15, -0.1) is 0 Å². The zero-order valence-corrected chi connectivity index (χ0v) is 7.52. The van der Waals surface area contributed by atoms with Gasteiger partial charge in [-0.25, -0.2) is 4.98 Å². The van der Waals surface area contributed by atoms with Crippen LogP contribution >= 0.6 is 0 Å². The molecule has 1 aromatic rings. The molecule has 0 aliphatic carbocycles. The molecule has 0 atom stereocenters. The zero-order valence-electron chi connectivity index (χ0n) is 7.52. The molecule has 8 heteroatoms. The summed E-state index contributed by atoms with van der Waals surface area (Å²) in [6.45, 7) is -3.04. The average Bonchev–Trinajstić information content (AvgIpc) is 2.16. The Labute approximate surface area is 82.6 Å². The molecule has 0 unspecified atom stereocenters. The number of ether oxygens (including phenoxy) is 2. The molecule has 1 aromatic heterocycles. The Hall–Kier alpha value is -1.99. The standard InChI is InChI=1S/C7H6F2N2O4/c1-14-5-2-6(15-7(8)9)10-3-4(5)11(12)13/h2-3,7H,1H3. The smallest absolute Gasteiger partial charge is 0.388 e. The Morgan fingerprint density at radius 1 is 1.60 bits per heavy atom. The lowest BCUT2D eigenvalue weighted by atomic mass is 10.4. The maximum atomic E-state index is 11.8. The second-order valence-corrected chi connectivity index (χ2v) is 2.33. The first-order chi connectivity index (χ1) is 7.04.